The van der Waals surface area contributed by atoms with E-state index < -0.39 is 0 Å². The second-order valence-corrected chi connectivity index (χ2v) is 7.32. The summed E-state index contributed by atoms with van der Waals surface area (Å²) >= 11 is 0. The lowest BCUT2D eigenvalue weighted by atomic mass is 9.76. The molecule has 1 atom stereocenters. The number of ether oxygens (including phenoxy) is 2. The first-order valence-electron chi connectivity index (χ1n) is 8.75. The molecule has 1 saturated heterocycles. The average molecular weight is 341 g/mol. The van der Waals surface area contributed by atoms with Crippen LogP contribution < -0.4 is 9.47 Å². The second-order valence-electron chi connectivity index (χ2n) is 7.32. The first-order valence-corrected chi connectivity index (χ1v) is 8.75. The van der Waals surface area contributed by atoms with Crippen molar-refractivity contribution in [2.45, 2.75) is 32.6 Å². The number of H-pyrrole nitrogens is 1. The smallest absolute Gasteiger partial charge is 0.231 e. The molecular formula is C19H23N3O3. The summed E-state index contributed by atoms with van der Waals surface area (Å²) in [7, 11) is 0. The molecule has 3 heterocycles. The molecule has 1 aromatic carbocycles. The van der Waals surface area contributed by atoms with Crippen LogP contribution in [0, 0.1) is 5.41 Å². The number of aromatic amines is 1. The Morgan fingerprint density at radius 3 is 3.04 bits per heavy atom. The van der Waals surface area contributed by atoms with Gasteiger partial charge in [0.1, 0.15) is 0 Å². The fourth-order valence-electron chi connectivity index (χ4n) is 3.76. The van der Waals surface area contributed by atoms with Crippen molar-refractivity contribution >= 4 is 5.91 Å². The van der Waals surface area contributed by atoms with E-state index in [0.29, 0.717) is 13.2 Å². The molecule has 0 bridgehead atoms. The molecule has 4 rings (SSSR count). The molecule has 2 aliphatic heterocycles. The van der Waals surface area contributed by atoms with Crippen molar-refractivity contribution in [2.75, 3.05) is 19.9 Å². The molecule has 1 N–H and O–H groups in total. The summed E-state index contributed by atoms with van der Waals surface area (Å²) < 4.78 is 10.9. The van der Waals surface area contributed by atoms with Gasteiger partial charge >= 0.3 is 0 Å². The van der Waals surface area contributed by atoms with Gasteiger partial charge in [0.25, 0.3) is 0 Å². The minimum atomic E-state index is 0.0790. The van der Waals surface area contributed by atoms with E-state index in [-0.39, 0.29) is 11.3 Å². The predicted molar refractivity (Wildman–Crippen MR) is 92.5 cm³/mol. The standard InChI is InChI=1S/C19H23N3O3/c1-19(9-14-2-3-16-17(8-14)25-13-24-16)6-4-18(23)22(11-19)7-5-15-10-20-12-21-15/h2-3,8,10,12H,4-7,9,11,13H2,1H3,(H,20,21). The molecular weight excluding hydrogens is 318 g/mol. The van der Waals surface area contributed by atoms with Crippen LogP contribution in [-0.4, -0.2) is 40.7 Å². The Morgan fingerprint density at radius 2 is 2.20 bits per heavy atom. The Labute approximate surface area is 147 Å². The Bertz CT molecular complexity index is 759. The van der Waals surface area contributed by atoms with Gasteiger partial charge in [-0.1, -0.05) is 13.0 Å². The summed E-state index contributed by atoms with van der Waals surface area (Å²) in [6.07, 6.45) is 6.77. The Morgan fingerprint density at radius 1 is 1.32 bits per heavy atom. The van der Waals surface area contributed by atoms with Gasteiger partial charge in [-0.2, -0.15) is 0 Å². The first-order chi connectivity index (χ1) is 12.1. The molecule has 1 aromatic heterocycles. The van der Waals surface area contributed by atoms with Crippen molar-refractivity contribution in [3.8, 4) is 11.5 Å². The number of hydrogen-bond donors (Lipinski definition) is 1. The van der Waals surface area contributed by atoms with E-state index in [1.807, 2.05) is 17.2 Å². The molecule has 1 unspecified atom stereocenters. The third kappa shape index (κ3) is 3.48. The van der Waals surface area contributed by atoms with Crippen LogP contribution in [0.5, 0.6) is 11.5 Å². The highest BCUT2D eigenvalue weighted by Gasteiger charge is 2.35. The lowest BCUT2D eigenvalue weighted by molar-refractivity contribution is -0.137. The maximum absolute atomic E-state index is 12.3. The topological polar surface area (TPSA) is 67.5 Å². The number of rotatable bonds is 5. The summed E-state index contributed by atoms with van der Waals surface area (Å²) in [4.78, 5) is 21.4. The van der Waals surface area contributed by atoms with Gasteiger partial charge in [-0.05, 0) is 36.0 Å². The predicted octanol–water partition coefficient (Wildman–Crippen LogP) is 2.55. The first kappa shape index (κ1) is 16.0. The van der Waals surface area contributed by atoms with Gasteiger partial charge in [0.2, 0.25) is 12.7 Å². The monoisotopic (exact) mass is 341 g/mol. The molecule has 0 aliphatic carbocycles. The van der Waals surface area contributed by atoms with Gasteiger partial charge in [-0.25, -0.2) is 4.98 Å². The van der Waals surface area contributed by atoms with E-state index in [4.69, 9.17) is 9.47 Å². The highest BCUT2D eigenvalue weighted by atomic mass is 16.7. The Balaban J connectivity index is 1.42. The number of hydrogen-bond acceptors (Lipinski definition) is 4. The quantitative estimate of drug-likeness (QED) is 0.907. The van der Waals surface area contributed by atoms with Gasteiger partial charge in [0, 0.05) is 37.8 Å². The van der Waals surface area contributed by atoms with Crippen LogP contribution in [0.25, 0.3) is 0 Å². The number of fused-ring (bicyclic) bond motifs is 1. The number of piperidine rings is 1. The van der Waals surface area contributed by atoms with E-state index in [2.05, 4.69) is 29.0 Å². The van der Waals surface area contributed by atoms with E-state index in [1.54, 1.807) is 6.33 Å². The van der Waals surface area contributed by atoms with Crippen molar-refractivity contribution in [1.82, 2.24) is 14.9 Å². The van der Waals surface area contributed by atoms with Gasteiger partial charge in [0.15, 0.2) is 11.5 Å². The van der Waals surface area contributed by atoms with Crippen LogP contribution in [0.4, 0.5) is 0 Å². The molecule has 6 heteroatoms. The number of imidazole rings is 1. The highest BCUT2D eigenvalue weighted by Crippen LogP contribution is 2.37. The average Bonchev–Trinajstić information content (AvgIpc) is 3.27. The van der Waals surface area contributed by atoms with Crippen LogP contribution in [0.2, 0.25) is 0 Å². The number of carbonyl (C=O) groups is 1. The molecule has 0 saturated carbocycles. The van der Waals surface area contributed by atoms with Crippen molar-refractivity contribution in [1.29, 1.82) is 0 Å². The largest absolute Gasteiger partial charge is 0.454 e. The molecule has 6 nitrogen and oxygen atoms in total. The van der Waals surface area contributed by atoms with Gasteiger partial charge < -0.3 is 19.4 Å². The van der Waals surface area contributed by atoms with Gasteiger partial charge in [0.05, 0.1) is 6.33 Å². The zero-order chi connectivity index (χ0) is 17.3. The molecule has 0 spiro atoms. The van der Waals surface area contributed by atoms with Crippen LogP contribution in [0.3, 0.4) is 0 Å². The van der Waals surface area contributed by atoms with Crippen LogP contribution in [0.15, 0.2) is 30.7 Å². The minimum Gasteiger partial charge on any atom is -0.454 e. The van der Waals surface area contributed by atoms with Crippen molar-refractivity contribution in [3.63, 3.8) is 0 Å². The molecule has 1 amide bonds. The molecule has 2 aromatic rings. The number of likely N-dealkylation sites (tertiary alicyclic amines) is 1. The fourth-order valence-corrected chi connectivity index (χ4v) is 3.76. The number of aromatic nitrogens is 2. The number of nitrogens with zero attached hydrogens (tertiary/aromatic N) is 2. The molecule has 2 aliphatic rings. The third-order valence-corrected chi connectivity index (χ3v) is 5.14. The fraction of sp³-hybridized carbons (Fsp3) is 0.474. The zero-order valence-electron chi connectivity index (χ0n) is 14.5. The molecule has 25 heavy (non-hydrogen) atoms. The highest BCUT2D eigenvalue weighted by molar-refractivity contribution is 5.77. The molecule has 0 radical (unpaired) electrons. The van der Waals surface area contributed by atoms with Crippen LogP contribution in [0.1, 0.15) is 31.0 Å². The van der Waals surface area contributed by atoms with Gasteiger partial charge in [-0.15, -0.1) is 0 Å². The normalized spacial score (nSPS) is 22.4. The number of carbonyl (C=O) groups excluding carboxylic acids is 1. The van der Waals surface area contributed by atoms with Gasteiger partial charge in [-0.3, -0.25) is 4.79 Å². The lowest BCUT2D eigenvalue weighted by Crippen LogP contribution is -2.46. The lowest BCUT2D eigenvalue weighted by Gasteiger charge is -2.40. The van der Waals surface area contributed by atoms with E-state index in [9.17, 15) is 4.79 Å². The Kier molecular flexibility index (Phi) is 4.11. The van der Waals surface area contributed by atoms with Crippen LogP contribution in [-0.2, 0) is 17.6 Å². The van der Waals surface area contributed by atoms with Crippen LogP contribution >= 0.6 is 0 Å². The van der Waals surface area contributed by atoms with E-state index >= 15 is 0 Å². The Hall–Kier alpha value is -2.50. The SMILES string of the molecule is CC1(Cc2ccc3c(c2)OCO3)CCC(=O)N(CCc2cnc[nH]2)C1. The second kappa shape index (κ2) is 6.43. The third-order valence-electron chi connectivity index (χ3n) is 5.14. The van der Waals surface area contributed by atoms with E-state index in [0.717, 1.165) is 49.5 Å². The molecule has 1 fully saturated rings. The summed E-state index contributed by atoms with van der Waals surface area (Å²) in [5.74, 6) is 1.89. The minimum absolute atomic E-state index is 0.0790. The summed E-state index contributed by atoms with van der Waals surface area (Å²) in [6, 6.07) is 6.15. The zero-order valence-corrected chi connectivity index (χ0v) is 14.5. The number of nitrogens with one attached hydrogen (secondary N) is 1. The molecule has 132 valence electrons. The summed E-state index contributed by atoms with van der Waals surface area (Å²) in [6.45, 7) is 4.09. The summed E-state index contributed by atoms with van der Waals surface area (Å²) in [5.41, 5.74) is 2.38. The number of benzene rings is 1. The van der Waals surface area contributed by atoms with Crippen molar-refractivity contribution in [2.24, 2.45) is 5.41 Å². The van der Waals surface area contributed by atoms with E-state index in [1.165, 1.54) is 5.56 Å². The maximum atomic E-state index is 12.3. The maximum Gasteiger partial charge on any atom is 0.231 e. The van der Waals surface area contributed by atoms with Crippen molar-refractivity contribution < 1.29 is 14.3 Å². The summed E-state index contributed by atoms with van der Waals surface area (Å²) in [5, 5.41) is 0. The number of amides is 1. The van der Waals surface area contributed by atoms with Crippen molar-refractivity contribution in [3.05, 3.63) is 42.0 Å².